The molecule has 0 saturated heterocycles. The Balaban J connectivity index is 3.03. The second kappa shape index (κ2) is 3.74. The number of nitrogens with two attached hydrogens (primary N) is 2. The molecule has 7 heteroatoms. The molecule has 0 bridgehead atoms. The molecule has 0 spiro atoms. The van der Waals surface area contributed by atoms with E-state index in [1.54, 1.807) is 0 Å². The molecule has 1 heterocycles. The molecule has 0 aliphatic carbocycles. The lowest BCUT2D eigenvalue weighted by molar-refractivity contribution is -0.149. The zero-order valence-corrected chi connectivity index (χ0v) is 8.43. The number of anilines is 1. The molecule has 0 saturated carbocycles. The maximum absolute atomic E-state index is 12.2. The number of hydrogen-bond acceptors (Lipinski definition) is 3. The van der Waals surface area contributed by atoms with Crippen molar-refractivity contribution in [3.8, 4) is 0 Å². The Morgan fingerprint density at radius 3 is 2.43 bits per heavy atom. The normalized spacial score (nSPS) is 14.1. The SMILES string of the molecule is Nc1ncc([C@H](N)C(F)(F)F)cc1Br. The van der Waals surface area contributed by atoms with E-state index in [2.05, 4.69) is 20.9 Å². The Labute approximate surface area is 86.4 Å². The minimum atomic E-state index is -4.47. The molecule has 1 atom stereocenters. The lowest BCUT2D eigenvalue weighted by atomic mass is 10.1. The summed E-state index contributed by atoms with van der Waals surface area (Å²) < 4.78 is 36.8. The minimum Gasteiger partial charge on any atom is -0.383 e. The number of alkyl halides is 3. The van der Waals surface area contributed by atoms with Gasteiger partial charge in [0.25, 0.3) is 0 Å². The zero-order valence-electron chi connectivity index (χ0n) is 6.85. The number of hydrogen-bond donors (Lipinski definition) is 2. The van der Waals surface area contributed by atoms with Gasteiger partial charge in [-0.15, -0.1) is 0 Å². The lowest BCUT2D eigenvalue weighted by Gasteiger charge is -2.15. The third-order valence-electron chi connectivity index (χ3n) is 1.60. The smallest absolute Gasteiger partial charge is 0.383 e. The van der Waals surface area contributed by atoms with Crippen LogP contribution in [0, 0.1) is 0 Å². The first-order chi connectivity index (χ1) is 6.32. The third-order valence-corrected chi connectivity index (χ3v) is 2.24. The van der Waals surface area contributed by atoms with Gasteiger partial charge in [0.05, 0.1) is 4.47 Å². The van der Waals surface area contributed by atoms with Crippen molar-refractivity contribution < 1.29 is 13.2 Å². The maximum atomic E-state index is 12.2. The first kappa shape index (κ1) is 11.3. The van der Waals surface area contributed by atoms with Crippen molar-refractivity contribution in [3.05, 3.63) is 22.3 Å². The summed E-state index contributed by atoms with van der Waals surface area (Å²) in [6, 6.07) is -0.826. The number of nitrogens with zero attached hydrogens (tertiary/aromatic N) is 1. The van der Waals surface area contributed by atoms with Gasteiger partial charge in [0.1, 0.15) is 11.9 Å². The van der Waals surface area contributed by atoms with Gasteiger partial charge >= 0.3 is 6.18 Å². The van der Waals surface area contributed by atoms with E-state index in [-0.39, 0.29) is 11.4 Å². The summed E-state index contributed by atoms with van der Waals surface area (Å²) in [5.41, 5.74) is 10.2. The second-order valence-electron chi connectivity index (χ2n) is 2.65. The molecular formula is C7H7BrF3N3. The van der Waals surface area contributed by atoms with E-state index < -0.39 is 12.2 Å². The molecule has 0 aromatic carbocycles. The van der Waals surface area contributed by atoms with Crippen molar-refractivity contribution in [3.63, 3.8) is 0 Å². The van der Waals surface area contributed by atoms with Crippen LogP contribution in [0.3, 0.4) is 0 Å². The van der Waals surface area contributed by atoms with Crippen LogP contribution in [0.5, 0.6) is 0 Å². The van der Waals surface area contributed by atoms with E-state index in [4.69, 9.17) is 11.5 Å². The van der Waals surface area contributed by atoms with Crippen LogP contribution in [0.2, 0.25) is 0 Å². The van der Waals surface area contributed by atoms with Crippen molar-refractivity contribution in [1.29, 1.82) is 0 Å². The highest BCUT2D eigenvalue weighted by Crippen LogP contribution is 2.31. The highest BCUT2D eigenvalue weighted by molar-refractivity contribution is 9.10. The molecule has 0 unspecified atom stereocenters. The number of aromatic nitrogens is 1. The van der Waals surface area contributed by atoms with Gasteiger partial charge in [0.15, 0.2) is 0 Å². The maximum Gasteiger partial charge on any atom is 0.407 e. The van der Waals surface area contributed by atoms with Gasteiger partial charge in [-0.05, 0) is 27.6 Å². The number of nitrogen functional groups attached to an aromatic ring is 1. The Hall–Kier alpha value is -0.820. The van der Waals surface area contributed by atoms with E-state index in [9.17, 15) is 13.2 Å². The van der Waals surface area contributed by atoms with Crippen LogP contribution in [-0.4, -0.2) is 11.2 Å². The first-order valence-corrected chi connectivity index (χ1v) is 4.35. The van der Waals surface area contributed by atoms with Crippen LogP contribution < -0.4 is 11.5 Å². The van der Waals surface area contributed by atoms with Crippen LogP contribution in [0.15, 0.2) is 16.7 Å². The second-order valence-corrected chi connectivity index (χ2v) is 3.51. The Morgan fingerprint density at radius 1 is 1.43 bits per heavy atom. The predicted molar refractivity (Wildman–Crippen MR) is 49.3 cm³/mol. The zero-order chi connectivity index (χ0) is 10.9. The Kier molecular flexibility index (Phi) is 3.01. The highest BCUT2D eigenvalue weighted by atomic mass is 79.9. The number of rotatable bonds is 1. The summed E-state index contributed by atoms with van der Waals surface area (Å²) in [5, 5.41) is 0. The van der Waals surface area contributed by atoms with Gasteiger partial charge < -0.3 is 11.5 Å². The Bertz CT molecular complexity index is 339. The lowest BCUT2D eigenvalue weighted by Crippen LogP contribution is -2.28. The summed E-state index contributed by atoms with van der Waals surface area (Å²) in [7, 11) is 0. The van der Waals surface area contributed by atoms with Crippen molar-refractivity contribution in [1.82, 2.24) is 4.98 Å². The standard InChI is InChI=1S/C7H7BrF3N3/c8-4-1-3(2-14-6(4)13)5(12)7(9,10)11/h1-2,5H,12H2,(H2,13,14)/t5-/m0/s1. The molecule has 0 aliphatic heterocycles. The predicted octanol–water partition coefficient (Wildman–Crippen LogP) is 1.99. The fraction of sp³-hybridized carbons (Fsp3) is 0.286. The molecule has 0 aliphatic rings. The van der Waals surface area contributed by atoms with Crippen molar-refractivity contribution in [2.75, 3.05) is 5.73 Å². The van der Waals surface area contributed by atoms with E-state index in [1.807, 2.05) is 0 Å². The quantitative estimate of drug-likeness (QED) is 0.820. The van der Waals surface area contributed by atoms with Gasteiger partial charge in [0.2, 0.25) is 0 Å². The van der Waals surface area contributed by atoms with E-state index >= 15 is 0 Å². The van der Waals surface area contributed by atoms with Crippen molar-refractivity contribution >= 4 is 21.7 Å². The molecule has 1 rings (SSSR count). The number of halogens is 4. The molecule has 1 aromatic rings. The summed E-state index contributed by atoms with van der Waals surface area (Å²) in [5.74, 6) is 0.128. The minimum absolute atomic E-state index is 0.126. The average molecular weight is 270 g/mol. The summed E-state index contributed by atoms with van der Waals surface area (Å²) in [4.78, 5) is 3.56. The van der Waals surface area contributed by atoms with Crippen LogP contribution in [-0.2, 0) is 0 Å². The fourth-order valence-corrected chi connectivity index (χ4v) is 1.19. The molecule has 3 nitrogen and oxygen atoms in total. The largest absolute Gasteiger partial charge is 0.407 e. The van der Waals surface area contributed by atoms with E-state index in [0.717, 1.165) is 6.20 Å². The molecule has 0 fully saturated rings. The van der Waals surface area contributed by atoms with Crippen molar-refractivity contribution in [2.24, 2.45) is 5.73 Å². The van der Waals surface area contributed by atoms with E-state index in [0.29, 0.717) is 4.47 Å². The fourth-order valence-electron chi connectivity index (χ4n) is 0.822. The van der Waals surface area contributed by atoms with Gasteiger partial charge in [-0.25, -0.2) is 4.98 Å². The highest BCUT2D eigenvalue weighted by Gasteiger charge is 2.38. The summed E-state index contributed by atoms with van der Waals surface area (Å²) in [6.45, 7) is 0. The molecule has 14 heavy (non-hydrogen) atoms. The van der Waals surface area contributed by atoms with Gasteiger partial charge in [0, 0.05) is 6.20 Å². The van der Waals surface area contributed by atoms with Gasteiger partial charge in [-0.3, -0.25) is 0 Å². The molecule has 0 radical (unpaired) electrons. The van der Waals surface area contributed by atoms with Crippen molar-refractivity contribution in [2.45, 2.75) is 12.2 Å². The molecule has 4 N–H and O–H groups in total. The first-order valence-electron chi connectivity index (χ1n) is 3.55. The van der Waals surface area contributed by atoms with Gasteiger partial charge in [-0.1, -0.05) is 0 Å². The van der Waals surface area contributed by atoms with Crippen LogP contribution in [0.4, 0.5) is 19.0 Å². The van der Waals surface area contributed by atoms with E-state index in [1.165, 1.54) is 6.07 Å². The third kappa shape index (κ3) is 2.36. The van der Waals surface area contributed by atoms with Gasteiger partial charge in [-0.2, -0.15) is 13.2 Å². The summed E-state index contributed by atoms with van der Waals surface area (Å²) in [6.07, 6.45) is -3.46. The molecule has 0 amide bonds. The number of pyridine rings is 1. The monoisotopic (exact) mass is 269 g/mol. The molecule has 1 aromatic heterocycles. The topological polar surface area (TPSA) is 64.9 Å². The average Bonchev–Trinajstić information content (AvgIpc) is 2.07. The van der Waals surface area contributed by atoms with Crippen LogP contribution >= 0.6 is 15.9 Å². The van der Waals surface area contributed by atoms with Crippen LogP contribution in [0.25, 0.3) is 0 Å². The molecular weight excluding hydrogens is 263 g/mol. The Morgan fingerprint density at radius 2 is 2.00 bits per heavy atom. The summed E-state index contributed by atoms with van der Waals surface area (Å²) >= 11 is 2.97. The van der Waals surface area contributed by atoms with Crippen LogP contribution in [0.1, 0.15) is 11.6 Å². The molecule has 78 valence electrons.